The summed E-state index contributed by atoms with van der Waals surface area (Å²) in [5, 5.41) is 28.7. The SMILES string of the molecule is Cc1cc(C2c3cc(C)c(C#N)cc3C(C)c3cc(C#N)c(C)cc32)c(C)cc1C#N. The van der Waals surface area contributed by atoms with Gasteiger partial charge >= 0.3 is 0 Å². The second-order valence-electron chi connectivity index (χ2n) is 8.61. The van der Waals surface area contributed by atoms with E-state index in [2.05, 4.69) is 50.3 Å². The Labute approximate surface area is 183 Å². The zero-order valence-corrected chi connectivity index (χ0v) is 18.5. The van der Waals surface area contributed by atoms with Crippen LogP contribution in [-0.4, -0.2) is 0 Å². The lowest BCUT2D eigenvalue weighted by atomic mass is 9.68. The lowest BCUT2D eigenvalue weighted by Crippen LogP contribution is -2.20. The van der Waals surface area contributed by atoms with Gasteiger partial charge in [-0.15, -0.1) is 0 Å². The van der Waals surface area contributed by atoms with Crippen molar-refractivity contribution in [3.05, 3.63) is 103 Å². The van der Waals surface area contributed by atoms with E-state index < -0.39 is 0 Å². The molecule has 1 aliphatic rings. The smallest absolute Gasteiger partial charge is 0.0994 e. The summed E-state index contributed by atoms with van der Waals surface area (Å²) in [6.07, 6.45) is 0. The molecule has 0 unspecified atom stereocenters. The van der Waals surface area contributed by atoms with Crippen molar-refractivity contribution < 1.29 is 0 Å². The second kappa shape index (κ2) is 7.43. The maximum Gasteiger partial charge on any atom is 0.0994 e. The maximum absolute atomic E-state index is 9.62. The quantitative estimate of drug-likeness (QED) is 0.489. The molecule has 4 rings (SSSR count). The average Bonchev–Trinajstić information content (AvgIpc) is 2.75. The minimum Gasteiger partial charge on any atom is -0.192 e. The second-order valence-corrected chi connectivity index (χ2v) is 8.61. The van der Waals surface area contributed by atoms with E-state index in [-0.39, 0.29) is 11.8 Å². The van der Waals surface area contributed by atoms with Gasteiger partial charge in [-0.1, -0.05) is 25.1 Å². The Morgan fingerprint density at radius 1 is 0.516 bits per heavy atom. The van der Waals surface area contributed by atoms with Crippen LogP contribution in [0.2, 0.25) is 0 Å². The van der Waals surface area contributed by atoms with Gasteiger partial charge in [-0.2, -0.15) is 15.8 Å². The summed E-state index contributed by atoms with van der Waals surface area (Å²) < 4.78 is 0. The monoisotopic (exact) mass is 401 g/mol. The number of nitriles is 3. The summed E-state index contributed by atoms with van der Waals surface area (Å²) in [7, 11) is 0. The Kier molecular flexibility index (Phi) is 4.89. The summed E-state index contributed by atoms with van der Waals surface area (Å²) in [6.45, 7) is 10.1. The lowest BCUT2D eigenvalue weighted by Gasteiger charge is -2.35. The molecule has 0 saturated carbocycles. The first-order chi connectivity index (χ1) is 14.8. The van der Waals surface area contributed by atoms with E-state index >= 15 is 0 Å². The van der Waals surface area contributed by atoms with E-state index in [1.807, 2.05) is 39.0 Å². The summed E-state index contributed by atoms with van der Waals surface area (Å²) in [5.74, 6) is 0.0759. The van der Waals surface area contributed by atoms with E-state index in [4.69, 9.17) is 0 Å². The van der Waals surface area contributed by atoms with Crippen molar-refractivity contribution in [1.82, 2.24) is 0 Å². The standard InChI is InChI=1S/C28H23N3/c1-15-7-23(18(4)6-20(15)12-29)28-26-8-16(2)21(13-30)10-24(26)19(5)25-11-22(14-31)17(3)9-27(25)28/h6-11,19,28H,1-5H3. The lowest BCUT2D eigenvalue weighted by molar-refractivity contribution is 0.786. The molecule has 0 radical (unpaired) electrons. The molecule has 3 aromatic rings. The number of rotatable bonds is 1. The van der Waals surface area contributed by atoms with Crippen molar-refractivity contribution in [3.8, 4) is 18.2 Å². The minimum atomic E-state index is -0.00877. The first-order valence-electron chi connectivity index (χ1n) is 10.4. The highest BCUT2D eigenvalue weighted by Crippen LogP contribution is 2.48. The molecule has 0 spiro atoms. The van der Waals surface area contributed by atoms with Crippen LogP contribution in [0.4, 0.5) is 0 Å². The largest absolute Gasteiger partial charge is 0.192 e. The Bertz CT molecular complexity index is 1300. The summed E-state index contributed by atoms with van der Waals surface area (Å²) in [4.78, 5) is 0. The fourth-order valence-corrected chi connectivity index (χ4v) is 4.93. The Hall–Kier alpha value is -3.87. The Morgan fingerprint density at radius 2 is 0.903 bits per heavy atom. The molecule has 0 N–H and O–H groups in total. The highest BCUT2D eigenvalue weighted by molar-refractivity contribution is 5.64. The number of nitrogens with zero attached hydrogens (tertiary/aromatic N) is 3. The molecule has 0 atom stereocenters. The molecule has 0 aromatic heterocycles. The fraction of sp³-hybridized carbons (Fsp3) is 0.250. The number of benzene rings is 3. The van der Waals surface area contributed by atoms with Crippen LogP contribution in [0.15, 0.2) is 36.4 Å². The number of hydrogen-bond donors (Lipinski definition) is 0. The molecule has 31 heavy (non-hydrogen) atoms. The van der Waals surface area contributed by atoms with E-state index in [0.717, 1.165) is 33.4 Å². The van der Waals surface area contributed by atoms with Gasteiger partial charge in [-0.25, -0.2) is 0 Å². The predicted octanol–water partition coefficient (Wildman–Crippen LogP) is 6.18. The van der Waals surface area contributed by atoms with Crippen molar-refractivity contribution in [1.29, 1.82) is 15.8 Å². The van der Waals surface area contributed by atoms with Crippen molar-refractivity contribution in [2.75, 3.05) is 0 Å². The van der Waals surface area contributed by atoms with Crippen LogP contribution in [0, 0.1) is 61.7 Å². The first-order valence-corrected chi connectivity index (χ1v) is 10.4. The van der Waals surface area contributed by atoms with Crippen molar-refractivity contribution >= 4 is 0 Å². The third-order valence-electron chi connectivity index (χ3n) is 6.70. The number of aryl methyl sites for hydroxylation is 4. The molecule has 3 aromatic carbocycles. The van der Waals surface area contributed by atoms with Gasteiger partial charge < -0.3 is 0 Å². The van der Waals surface area contributed by atoms with E-state index in [0.29, 0.717) is 16.7 Å². The molecule has 3 nitrogen and oxygen atoms in total. The normalized spacial score (nSPS) is 16.5. The van der Waals surface area contributed by atoms with Crippen molar-refractivity contribution in [2.45, 2.75) is 46.5 Å². The molecule has 0 fully saturated rings. The Morgan fingerprint density at radius 3 is 1.32 bits per heavy atom. The van der Waals surface area contributed by atoms with E-state index in [1.165, 1.54) is 16.7 Å². The molecular formula is C28H23N3. The van der Waals surface area contributed by atoms with Crippen LogP contribution in [0.1, 0.15) is 85.5 Å². The highest BCUT2D eigenvalue weighted by atomic mass is 14.4. The molecule has 0 bridgehead atoms. The van der Waals surface area contributed by atoms with Crippen molar-refractivity contribution in [2.24, 2.45) is 0 Å². The zero-order chi connectivity index (χ0) is 22.4. The van der Waals surface area contributed by atoms with Crippen LogP contribution in [0.3, 0.4) is 0 Å². The minimum absolute atomic E-state index is 0.00877. The van der Waals surface area contributed by atoms with E-state index in [1.54, 1.807) is 0 Å². The molecule has 0 saturated heterocycles. The van der Waals surface area contributed by atoms with Crippen LogP contribution in [0.25, 0.3) is 0 Å². The number of fused-ring (bicyclic) bond motifs is 2. The zero-order valence-electron chi connectivity index (χ0n) is 18.5. The van der Waals surface area contributed by atoms with Gasteiger partial charge in [0.15, 0.2) is 0 Å². The first kappa shape index (κ1) is 20.4. The third-order valence-corrected chi connectivity index (χ3v) is 6.70. The Balaban J connectivity index is 2.10. The molecule has 3 heteroatoms. The highest BCUT2D eigenvalue weighted by Gasteiger charge is 2.33. The molecule has 0 heterocycles. The maximum atomic E-state index is 9.62. The van der Waals surface area contributed by atoms with Gasteiger partial charge in [0.05, 0.1) is 34.9 Å². The molecular weight excluding hydrogens is 378 g/mol. The molecule has 0 aliphatic heterocycles. The van der Waals surface area contributed by atoms with Crippen LogP contribution in [-0.2, 0) is 0 Å². The van der Waals surface area contributed by atoms with Crippen LogP contribution >= 0.6 is 0 Å². The molecule has 0 amide bonds. The van der Waals surface area contributed by atoms with Gasteiger partial charge in [-0.3, -0.25) is 0 Å². The van der Waals surface area contributed by atoms with Crippen LogP contribution < -0.4 is 0 Å². The van der Waals surface area contributed by atoms with E-state index in [9.17, 15) is 15.8 Å². The van der Waals surface area contributed by atoms with Crippen LogP contribution in [0.5, 0.6) is 0 Å². The summed E-state index contributed by atoms with van der Waals surface area (Å²) >= 11 is 0. The fourth-order valence-electron chi connectivity index (χ4n) is 4.93. The summed E-state index contributed by atoms with van der Waals surface area (Å²) in [5.41, 5.74) is 11.9. The topological polar surface area (TPSA) is 71.4 Å². The van der Waals surface area contributed by atoms with Gasteiger partial charge in [-0.05, 0) is 96.0 Å². The van der Waals surface area contributed by atoms with Gasteiger partial charge in [0, 0.05) is 11.8 Å². The predicted molar refractivity (Wildman–Crippen MR) is 121 cm³/mol. The molecule has 150 valence electrons. The molecule has 1 aliphatic carbocycles. The van der Waals surface area contributed by atoms with Gasteiger partial charge in [0.25, 0.3) is 0 Å². The van der Waals surface area contributed by atoms with Gasteiger partial charge in [0.1, 0.15) is 0 Å². The van der Waals surface area contributed by atoms with Gasteiger partial charge in [0.2, 0.25) is 0 Å². The average molecular weight is 402 g/mol. The summed E-state index contributed by atoms with van der Waals surface area (Å²) in [6, 6.07) is 19.4. The third kappa shape index (κ3) is 3.09. The number of hydrogen-bond acceptors (Lipinski definition) is 3. The van der Waals surface area contributed by atoms with Crippen molar-refractivity contribution in [3.63, 3.8) is 0 Å².